The molecule has 2 N–H and O–H groups in total. The largest absolute Gasteiger partial charge is 0.493 e. The summed E-state index contributed by atoms with van der Waals surface area (Å²) in [6, 6.07) is 16.2. The Kier molecular flexibility index (Phi) is 6.18. The molecule has 0 fully saturated rings. The first-order chi connectivity index (χ1) is 11.1. The van der Waals surface area contributed by atoms with Gasteiger partial charge in [-0.3, -0.25) is 10.1 Å². The van der Waals surface area contributed by atoms with Gasteiger partial charge in [0.25, 0.3) is 0 Å². The summed E-state index contributed by atoms with van der Waals surface area (Å²) in [6.07, 6.45) is 0. The van der Waals surface area contributed by atoms with Crippen molar-refractivity contribution in [1.29, 1.82) is 0 Å². The third kappa shape index (κ3) is 5.42. The zero-order valence-corrected chi connectivity index (χ0v) is 13.5. The number of rotatable bonds is 8. The van der Waals surface area contributed by atoms with E-state index in [1.165, 1.54) is 0 Å². The van der Waals surface area contributed by atoms with Crippen LogP contribution < -0.4 is 10.1 Å². The molecule has 0 amide bonds. The Morgan fingerprint density at radius 2 is 1.74 bits per heavy atom. The number of carboxylic acids is 1. The average molecular weight is 313 g/mol. The van der Waals surface area contributed by atoms with Crippen molar-refractivity contribution in [1.82, 2.24) is 5.32 Å². The van der Waals surface area contributed by atoms with Gasteiger partial charge in [-0.25, -0.2) is 0 Å². The van der Waals surface area contributed by atoms with Crippen LogP contribution in [0.3, 0.4) is 0 Å². The summed E-state index contributed by atoms with van der Waals surface area (Å²) in [4.78, 5) is 11.4. The van der Waals surface area contributed by atoms with Gasteiger partial charge < -0.3 is 9.84 Å². The molecule has 0 saturated carbocycles. The highest BCUT2D eigenvalue weighted by atomic mass is 16.5. The van der Waals surface area contributed by atoms with E-state index in [9.17, 15) is 9.90 Å². The van der Waals surface area contributed by atoms with Crippen LogP contribution in [0.4, 0.5) is 0 Å². The SMILES string of the molecule is CC(C)COc1ccc(CN[C@H](C(=O)O)c2ccccc2)cc1. The molecule has 0 spiro atoms. The second kappa shape index (κ2) is 8.34. The number of nitrogens with one attached hydrogen (secondary N) is 1. The lowest BCUT2D eigenvalue weighted by molar-refractivity contribution is -0.139. The molecule has 122 valence electrons. The highest BCUT2D eigenvalue weighted by Gasteiger charge is 2.18. The first-order valence-electron chi connectivity index (χ1n) is 7.79. The maximum atomic E-state index is 11.4. The molecule has 0 aromatic heterocycles. The Hall–Kier alpha value is -2.33. The van der Waals surface area contributed by atoms with Crippen molar-refractivity contribution in [2.45, 2.75) is 26.4 Å². The third-order valence-corrected chi connectivity index (χ3v) is 3.40. The molecule has 1 atom stereocenters. The predicted molar refractivity (Wildman–Crippen MR) is 90.4 cm³/mol. The minimum Gasteiger partial charge on any atom is -0.493 e. The predicted octanol–water partition coefficient (Wildman–Crippen LogP) is 3.64. The fraction of sp³-hybridized carbons (Fsp3) is 0.316. The third-order valence-electron chi connectivity index (χ3n) is 3.40. The molecule has 0 unspecified atom stereocenters. The van der Waals surface area contributed by atoms with Gasteiger partial charge >= 0.3 is 5.97 Å². The molecule has 0 bridgehead atoms. The van der Waals surface area contributed by atoms with Crippen molar-refractivity contribution in [2.75, 3.05) is 6.61 Å². The Morgan fingerprint density at radius 3 is 2.30 bits per heavy atom. The van der Waals surface area contributed by atoms with Gasteiger partial charge in [0.15, 0.2) is 0 Å². The standard InChI is InChI=1S/C19H23NO3/c1-14(2)13-23-17-10-8-15(9-11-17)12-20-18(19(21)22)16-6-4-3-5-7-16/h3-11,14,18,20H,12-13H2,1-2H3,(H,21,22)/t18-/m0/s1. The summed E-state index contributed by atoms with van der Waals surface area (Å²) in [5.41, 5.74) is 1.76. The molecule has 4 nitrogen and oxygen atoms in total. The molecular formula is C19H23NO3. The molecule has 0 aliphatic heterocycles. The minimum absolute atomic E-state index is 0.482. The van der Waals surface area contributed by atoms with Crippen LogP contribution in [0.25, 0.3) is 0 Å². The van der Waals surface area contributed by atoms with E-state index in [2.05, 4.69) is 19.2 Å². The number of hydrogen-bond acceptors (Lipinski definition) is 3. The van der Waals surface area contributed by atoms with Gasteiger partial charge in [0.2, 0.25) is 0 Å². The van der Waals surface area contributed by atoms with Crippen molar-refractivity contribution in [3.8, 4) is 5.75 Å². The molecule has 4 heteroatoms. The van der Waals surface area contributed by atoms with Crippen LogP contribution in [0.15, 0.2) is 54.6 Å². The Balaban J connectivity index is 1.94. The van der Waals surface area contributed by atoms with E-state index in [0.717, 1.165) is 16.9 Å². The number of aliphatic carboxylic acids is 1. The maximum absolute atomic E-state index is 11.4. The van der Waals surface area contributed by atoms with E-state index in [1.807, 2.05) is 54.6 Å². The zero-order valence-electron chi connectivity index (χ0n) is 13.5. The van der Waals surface area contributed by atoms with Crippen LogP contribution >= 0.6 is 0 Å². The van der Waals surface area contributed by atoms with E-state index >= 15 is 0 Å². The van der Waals surface area contributed by atoms with Crippen LogP contribution in [0.2, 0.25) is 0 Å². The maximum Gasteiger partial charge on any atom is 0.325 e. The monoisotopic (exact) mass is 313 g/mol. The van der Waals surface area contributed by atoms with E-state index in [4.69, 9.17) is 4.74 Å². The molecule has 0 aliphatic carbocycles. The van der Waals surface area contributed by atoms with E-state index in [1.54, 1.807) is 0 Å². The number of benzene rings is 2. The van der Waals surface area contributed by atoms with Gasteiger partial charge in [0, 0.05) is 6.54 Å². The molecule has 2 aromatic rings. The van der Waals surface area contributed by atoms with Crippen molar-refractivity contribution < 1.29 is 14.6 Å². The normalized spacial score (nSPS) is 12.1. The fourth-order valence-electron chi connectivity index (χ4n) is 2.18. The van der Waals surface area contributed by atoms with Crippen LogP contribution in [0.1, 0.15) is 31.0 Å². The van der Waals surface area contributed by atoms with Gasteiger partial charge in [-0.05, 0) is 29.2 Å². The molecule has 2 aromatic carbocycles. The topological polar surface area (TPSA) is 58.6 Å². The van der Waals surface area contributed by atoms with Crippen molar-refractivity contribution in [3.63, 3.8) is 0 Å². The van der Waals surface area contributed by atoms with E-state index in [-0.39, 0.29) is 0 Å². The smallest absolute Gasteiger partial charge is 0.325 e. The van der Waals surface area contributed by atoms with E-state index < -0.39 is 12.0 Å². The Bertz CT molecular complexity index is 608. The van der Waals surface area contributed by atoms with Crippen LogP contribution in [0, 0.1) is 5.92 Å². The van der Waals surface area contributed by atoms with Crippen LogP contribution in [-0.4, -0.2) is 17.7 Å². The zero-order chi connectivity index (χ0) is 16.7. The molecule has 0 radical (unpaired) electrons. The molecule has 0 saturated heterocycles. The molecule has 0 heterocycles. The van der Waals surface area contributed by atoms with Crippen molar-refractivity contribution in [3.05, 3.63) is 65.7 Å². The number of ether oxygens (including phenoxy) is 1. The quantitative estimate of drug-likeness (QED) is 0.781. The highest BCUT2D eigenvalue weighted by Crippen LogP contribution is 2.16. The summed E-state index contributed by atoms with van der Waals surface area (Å²) in [6.45, 7) is 5.38. The Labute approximate surface area is 137 Å². The van der Waals surface area contributed by atoms with Gasteiger partial charge in [-0.1, -0.05) is 56.3 Å². The summed E-state index contributed by atoms with van der Waals surface area (Å²) in [7, 11) is 0. The first-order valence-corrected chi connectivity index (χ1v) is 7.79. The second-order valence-electron chi connectivity index (χ2n) is 5.91. The van der Waals surface area contributed by atoms with Gasteiger partial charge in [-0.15, -0.1) is 0 Å². The molecular weight excluding hydrogens is 290 g/mol. The van der Waals surface area contributed by atoms with Gasteiger partial charge in [0.1, 0.15) is 11.8 Å². The molecule has 2 rings (SSSR count). The highest BCUT2D eigenvalue weighted by molar-refractivity contribution is 5.75. The Morgan fingerprint density at radius 1 is 1.09 bits per heavy atom. The van der Waals surface area contributed by atoms with Crippen LogP contribution in [0.5, 0.6) is 5.75 Å². The number of carbonyl (C=O) groups is 1. The average Bonchev–Trinajstić information content (AvgIpc) is 2.55. The van der Waals surface area contributed by atoms with E-state index in [0.29, 0.717) is 19.1 Å². The molecule has 23 heavy (non-hydrogen) atoms. The van der Waals surface area contributed by atoms with Crippen molar-refractivity contribution in [2.24, 2.45) is 5.92 Å². The first kappa shape index (κ1) is 17.0. The lowest BCUT2D eigenvalue weighted by atomic mass is 10.1. The lowest BCUT2D eigenvalue weighted by Crippen LogP contribution is -2.28. The minimum atomic E-state index is -0.881. The number of hydrogen-bond donors (Lipinski definition) is 2. The fourth-order valence-corrected chi connectivity index (χ4v) is 2.18. The summed E-state index contributed by atoms with van der Waals surface area (Å²) < 4.78 is 5.64. The summed E-state index contributed by atoms with van der Waals surface area (Å²) >= 11 is 0. The summed E-state index contributed by atoms with van der Waals surface area (Å²) in [5, 5.41) is 12.5. The van der Waals surface area contributed by atoms with Gasteiger partial charge in [-0.2, -0.15) is 0 Å². The van der Waals surface area contributed by atoms with Crippen LogP contribution in [-0.2, 0) is 11.3 Å². The second-order valence-corrected chi connectivity index (χ2v) is 5.91. The summed E-state index contributed by atoms with van der Waals surface area (Å²) in [5.74, 6) is 0.437. The molecule has 0 aliphatic rings. The van der Waals surface area contributed by atoms with Gasteiger partial charge in [0.05, 0.1) is 6.61 Å². The number of carboxylic acid groups (broad SMARTS) is 1. The lowest BCUT2D eigenvalue weighted by Gasteiger charge is -2.15. The van der Waals surface area contributed by atoms with Crippen molar-refractivity contribution >= 4 is 5.97 Å².